The van der Waals surface area contributed by atoms with Gasteiger partial charge in [-0.2, -0.15) is 0 Å². The minimum atomic E-state index is -0.394. The van der Waals surface area contributed by atoms with Crippen LogP contribution in [0.15, 0.2) is 84.9 Å². The van der Waals surface area contributed by atoms with Gasteiger partial charge in [0.25, 0.3) is 0 Å². The van der Waals surface area contributed by atoms with Crippen molar-refractivity contribution in [2.45, 2.75) is 25.6 Å². The molecule has 5 nitrogen and oxygen atoms in total. The monoisotopic (exact) mass is 417 g/mol. The summed E-state index contributed by atoms with van der Waals surface area (Å²) in [6.45, 7) is 1.23. The fourth-order valence-electron chi connectivity index (χ4n) is 3.77. The van der Waals surface area contributed by atoms with Crippen LogP contribution in [0, 0.1) is 5.82 Å². The highest BCUT2D eigenvalue weighted by atomic mass is 19.1. The van der Waals surface area contributed by atoms with E-state index in [0.717, 1.165) is 11.1 Å². The van der Waals surface area contributed by atoms with Crippen LogP contribution in [0.5, 0.6) is 0 Å². The van der Waals surface area contributed by atoms with Crippen molar-refractivity contribution in [3.8, 4) is 0 Å². The summed E-state index contributed by atoms with van der Waals surface area (Å²) in [7, 11) is 0. The lowest BCUT2D eigenvalue weighted by molar-refractivity contribution is -0.117. The van der Waals surface area contributed by atoms with E-state index in [1.807, 2.05) is 60.7 Å². The van der Waals surface area contributed by atoms with Gasteiger partial charge in [0.05, 0.1) is 6.04 Å². The Kier molecular flexibility index (Phi) is 6.26. The van der Waals surface area contributed by atoms with Crippen LogP contribution in [0.2, 0.25) is 0 Å². The largest absolute Gasteiger partial charge is 0.333 e. The molecular formula is C25H24FN3O2. The lowest BCUT2D eigenvalue weighted by atomic mass is 10.1. The second kappa shape index (κ2) is 9.43. The molecule has 0 saturated carbocycles. The Hall–Kier alpha value is -3.67. The summed E-state index contributed by atoms with van der Waals surface area (Å²) in [4.78, 5) is 28.9. The molecule has 1 aliphatic rings. The van der Waals surface area contributed by atoms with E-state index >= 15 is 0 Å². The van der Waals surface area contributed by atoms with E-state index in [-0.39, 0.29) is 24.4 Å². The quantitative estimate of drug-likeness (QED) is 0.649. The molecule has 3 amide bonds. The molecule has 3 aromatic carbocycles. The summed E-state index contributed by atoms with van der Waals surface area (Å²) in [6, 6.07) is 25.0. The highest BCUT2D eigenvalue weighted by Gasteiger charge is 2.32. The Bertz CT molecular complexity index is 1000. The van der Waals surface area contributed by atoms with E-state index in [2.05, 4.69) is 5.32 Å². The van der Waals surface area contributed by atoms with Crippen LogP contribution in [0.25, 0.3) is 0 Å². The lowest BCUT2D eigenvalue weighted by Crippen LogP contribution is -2.45. The molecule has 1 heterocycles. The fourth-order valence-corrected chi connectivity index (χ4v) is 3.77. The third kappa shape index (κ3) is 5.28. The lowest BCUT2D eigenvalue weighted by Gasteiger charge is -2.25. The van der Waals surface area contributed by atoms with Gasteiger partial charge in [-0.1, -0.05) is 66.7 Å². The zero-order valence-electron chi connectivity index (χ0n) is 17.1. The predicted molar refractivity (Wildman–Crippen MR) is 118 cm³/mol. The smallest absolute Gasteiger partial charge is 0.318 e. The van der Waals surface area contributed by atoms with E-state index in [1.54, 1.807) is 17.0 Å². The second-order valence-electron chi connectivity index (χ2n) is 7.66. The minimum absolute atomic E-state index is 0.131. The number of benzene rings is 3. The SMILES string of the molecule is O=C(N[C@@H]1CC(=O)N(c2cccc(F)c2)C1)N(Cc1ccccc1)Cc1ccccc1. The predicted octanol–water partition coefficient (Wildman–Crippen LogP) is 4.34. The Balaban J connectivity index is 1.46. The first-order valence-corrected chi connectivity index (χ1v) is 10.3. The summed E-state index contributed by atoms with van der Waals surface area (Å²) in [5.74, 6) is -0.525. The molecule has 1 saturated heterocycles. The maximum absolute atomic E-state index is 13.6. The van der Waals surface area contributed by atoms with Crippen molar-refractivity contribution in [2.75, 3.05) is 11.4 Å². The Morgan fingerprint density at radius 1 is 0.935 bits per heavy atom. The van der Waals surface area contributed by atoms with Gasteiger partial charge in [0.15, 0.2) is 0 Å². The van der Waals surface area contributed by atoms with Crippen molar-refractivity contribution >= 4 is 17.6 Å². The molecule has 6 heteroatoms. The summed E-state index contributed by atoms with van der Waals surface area (Å²) < 4.78 is 13.6. The first-order chi connectivity index (χ1) is 15.1. The number of carbonyl (C=O) groups is 2. The molecule has 0 unspecified atom stereocenters. The topological polar surface area (TPSA) is 52.7 Å². The van der Waals surface area contributed by atoms with E-state index < -0.39 is 5.82 Å². The number of nitrogens with one attached hydrogen (secondary N) is 1. The van der Waals surface area contributed by atoms with Crippen LogP contribution in [-0.4, -0.2) is 29.4 Å². The molecule has 0 spiro atoms. The van der Waals surface area contributed by atoms with Gasteiger partial charge in [0.2, 0.25) is 5.91 Å². The average Bonchev–Trinajstić information content (AvgIpc) is 3.14. The van der Waals surface area contributed by atoms with Crippen LogP contribution >= 0.6 is 0 Å². The van der Waals surface area contributed by atoms with E-state index in [0.29, 0.717) is 25.3 Å². The molecular weight excluding hydrogens is 393 g/mol. The standard InChI is InChI=1S/C25H24FN3O2/c26-21-12-7-13-23(14-21)29-18-22(15-24(29)30)27-25(31)28(16-19-8-3-1-4-9-19)17-20-10-5-2-6-11-20/h1-14,22H,15-18H2,(H,27,31)/t22-/m1/s1. The number of urea groups is 1. The second-order valence-corrected chi connectivity index (χ2v) is 7.66. The molecule has 1 atom stereocenters. The molecule has 158 valence electrons. The number of nitrogens with zero attached hydrogens (tertiary/aromatic N) is 2. The zero-order valence-corrected chi connectivity index (χ0v) is 17.1. The maximum Gasteiger partial charge on any atom is 0.318 e. The minimum Gasteiger partial charge on any atom is -0.333 e. The summed E-state index contributed by atoms with van der Waals surface area (Å²) in [6.07, 6.45) is 0.187. The summed E-state index contributed by atoms with van der Waals surface area (Å²) in [5.41, 5.74) is 2.56. The number of amides is 3. The third-order valence-electron chi connectivity index (χ3n) is 5.29. The summed E-state index contributed by atoms with van der Waals surface area (Å²) >= 11 is 0. The van der Waals surface area contributed by atoms with Crippen LogP contribution in [0.3, 0.4) is 0 Å². The van der Waals surface area contributed by atoms with Gasteiger partial charge in [-0.25, -0.2) is 9.18 Å². The van der Waals surface area contributed by atoms with Crippen LogP contribution in [0.4, 0.5) is 14.9 Å². The number of halogens is 1. The maximum atomic E-state index is 13.6. The molecule has 31 heavy (non-hydrogen) atoms. The van der Waals surface area contributed by atoms with Gasteiger partial charge < -0.3 is 15.1 Å². The first-order valence-electron chi connectivity index (χ1n) is 10.3. The zero-order chi connectivity index (χ0) is 21.6. The van der Waals surface area contributed by atoms with Gasteiger partial charge in [0.1, 0.15) is 5.82 Å². The molecule has 1 fully saturated rings. The van der Waals surface area contributed by atoms with Crippen molar-refractivity contribution in [1.82, 2.24) is 10.2 Å². The normalized spacial score (nSPS) is 15.7. The van der Waals surface area contributed by atoms with Gasteiger partial charge in [-0.15, -0.1) is 0 Å². The number of hydrogen-bond acceptors (Lipinski definition) is 2. The highest BCUT2D eigenvalue weighted by molar-refractivity contribution is 5.96. The molecule has 0 aromatic heterocycles. The van der Waals surface area contributed by atoms with E-state index in [9.17, 15) is 14.0 Å². The van der Waals surface area contributed by atoms with E-state index in [4.69, 9.17) is 0 Å². The molecule has 1 aliphatic heterocycles. The van der Waals surface area contributed by atoms with Crippen molar-refractivity contribution in [1.29, 1.82) is 0 Å². The molecule has 0 aliphatic carbocycles. The Labute approximate surface area is 181 Å². The fraction of sp³-hybridized carbons (Fsp3) is 0.200. The van der Waals surface area contributed by atoms with Crippen molar-refractivity contribution in [3.05, 3.63) is 102 Å². The summed E-state index contributed by atoms with van der Waals surface area (Å²) in [5, 5.41) is 2.99. The number of anilines is 1. The Morgan fingerprint density at radius 3 is 2.13 bits per heavy atom. The van der Waals surface area contributed by atoms with Crippen LogP contribution < -0.4 is 10.2 Å². The number of rotatable bonds is 6. The molecule has 1 N–H and O–H groups in total. The Morgan fingerprint density at radius 2 is 1.55 bits per heavy atom. The molecule has 0 bridgehead atoms. The number of carbonyl (C=O) groups excluding carboxylic acids is 2. The first kappa shape index (κ1) is 20.6. The van der Waals surface area contributed by atoms with E-state index in [1.165, 1.54) is 17.0 Å². The van der Waals surface area contributed by atoms with Crippen molar-refractivity contribution in [2.24, 2.45) is 0 Å². The van der Waals surface area contributed by atoms with Gasteiger partial charge in [0, 0.05) is 31.7 Å². The van der Waals surface area contributed by atoms with Crippen LogP contribution in [0.1, 0.15) is 17.5 Å². The molecule has 0 radical (unpaired) electrons. The highest BCUT2D eigenvalue weighted by Crippen LogP contribution is 2.22. The van der Waals surface area contributed by atoms with Gasteiger partial charge in [-0.05, 0) is 29.3 Å². The van der Waals surface area contributed by atoms with Gasteiger partial charge >= 0.3 is 6.03 Å². The third-order valence-corrected chi connectivity index (χ3v) is 5.29. The van der Waals surface area contributed by atoms with Crippen LogP contribution in [-0.2, 0) is 17.9 Å². The average molecular weight is 417 g/mol. The van der Waals surface area contributed by atoms with Crippen molar-refractivity contribution < 1.29 is 14.0 Å². The number of hydrogen-bond donors (Lipinski definition) is 1. The molecule has 4 rings (SSSR count). The molecule has 3 aromatic rings. The van der Waals surface area contributed by atoms with Crippen molar-refractivity contribution in [3.63, 3.8) is 0 Å². The van der Waals surface area contributed by atoms with Gasteiger partial charge in [-0.3, -0.25) is 4.79 Å².